The Kier molecular flexibility index (Phi) is 2.28. The van der Waals surface area contributed by atoms with E-state index in [0.29, 0.717) is 12.1 Å². The van der Waals surface area contributed by atoms with Crippen LogP contribution >= 0.6 is 11.6 Å². The van der Waals surface area contributed by atoms with Gasteiger partial charge in [-0.25, -0.2) is 4.39 Å². The second kappa shape index (κ2) is 2.94. The first-order valence-corrected chi connectivity index (χ1v) is 3.23. The Morgan fingerprint density at radius 1 is 1.33 bits per heavy atom. The van der Waals surface area contributed by atoms with Gasteiger partial charge in [-0.3, -0.25) is 0 Å². The number of benzene rings is 1. The topological polar surface area (TPSA) is 0 Å². The lowest BCUT2D eigenvalue weighted by atomic mass is 10.2. The highest BCUT2D eigenvalue weighted by atomic mass is 35.5. The molecule has 0 bridgehead atoms. The molecular weight excluding hydrogens is 196 g/mol. The Bertz CT molecular complexity index is 292. The van der Waals surface area contributed by atoms with Gasteiger partial charge in [0, 0.05) is 0 Å². The van der Waals surface area contributed by atoms with Crippen LogP contribution in [0.2, 0.25) is 5.02 Å². The van der Waals surface area contributed by atoms with Crippen LogP contribution in [0.5, 0.6) is 0 Å². The van der Waals surface area contributed by atoms with Gasteiger partial charge in [-0.2, -0.15) is 13.2 Å². The highest BCUT2D eigenvalue weighted by Crippen LogP contribution is 2.34. The highest BCUT2D eigenvalue weighted by molar-refractivity contribution is 6.31. The van der Waals surface area contributed by atoms with Crippen molar-refractivity contribution in [3.63, 3.8) is 0 Å². The maximum Gasteiger partial charge on any atom is 0.418 e. The molecule has 0 N–H and O–H groups in total. The summed E-state index contributed by atoms with van der Waals surface area (Å²) < 4.78 is 48.1. The van der Waals surface area contributed by atoms with E-state index in [1.807, 2.05) is 0 Å². The van der Waals surface area contributed by atoms with E-state index in [4.69, 9.17) is 11.6 Å². The first kappa shape index (κ1) is 9.32. The van der Waals surface area contributed by atoms with Crippen molar-refractivity contribution in [1.29, 1.82) is 0 Å². The van der Waals surface area contributed by atoms with E-state index in [2.05, 4.69) is 0 Å². The molecule has 0 unspecified atom stereocenters. The second-order valence-electron chi connectivity index (χ2n) is 2.04. The molecule has 1 aromatic carbocycles. The Labute approximate surface area is 70.8 Å². The van der Waals surface area contributed by atoms with Gasteiger partial charge < -0.3 is 0 Å². The molecular formula is C7H2ClF4. The lowest BCUT2D eigenvalue weighted by Crippen LogP contribution is -2.05. The maximum absolute atomic E-state index is 12.3. The average Bonchev–Trinajstić information content (AvgIpc) is 1.83. The summed E-state index contributed by atoms with van der Waals surface area (Å²) in [5.74, 6) is -0.840. The van der Waals surface area contributed by atoms with Gasteiger partial charge in [0.05, 0.1) is 10.6 Å². The summed E-state index contributed by atoms with van der Waals surface area (Å²) in [4.78, 5) is 0. The predicted octanol–water partition coefficient (Wildman–Crippen LogP) is 3.30. The van der Waals surface area contributed by atoms with Gasteiger partial charge in [-0.1, -0.05) is 11.6 Å². The molecule has 1 radical (unpaired) electrons. The molecule has 12 heavy (non-hydrogen) atoms. The van der Waals surface area contributed by atoms with E-state index in [-0.39, 0.29) is 0 Å². The second-order valence-corrected chi connectivity index (χ2v) is 2.45. The minimum Gasteiger partial charge on any atom is -0.207 e. The van der Waals surface area contributed by atoms with E-state index < -0.39 is 22.6 Å². The molecule has 5 heteroatoms. The Balaban J connectivity index is 3.19. The van der Waals surface area contributed by atoms with E-state index >= 15 is 0 Å². The summed E-state index contributed by atoms with van der Waals surface area (Å²) in [6, 6.07) is 2.90. The number of alkyl halides is 3. The van der Waals surface area contributed by atoms with E-state index in [1.165, 1.54) is 0 Å². The summed E-state index contributed by atoms with van der Waals surface area (Å²) in [6.45, 7) is 0. The van der Waals surface area contributed by atoms with E-state index in [1.54, 1.807) is 6.07 Å². The van der Waals surface area contributed by atoms with Crippen molar-refractivity contribution < 1.29 is 17.6 Å². The first-order valence-electron chi connectivity index (χ1n) is 2.85. The van der Waals surface area contributed by atoms with Crippen LogP contribution in [0, 0.1) is 11.9 Å². The zero-order valence-electron chi connectivity index (χ0n) is 5.54. The monoisotopic (exact) mass is 197 g/mol. The highest BCUT2D eigenvalue weighted by Gasteiger charge is 2.33. The summed E-state index contributed by atoms with van der Waals surface area (Å²) in [7, 11) is 0. The molecule has 0 amide bonds. The normalized spacial score (nSPS) is 11.8. The van der Waals surface area contributed by atoms with Gasteiger partial charge in [0.1, 0.15) is 5.82 Å². The summed E-state index contributed by atoms with van der Waals surface area (Å²) >= 11 is 5.12. The van der Waals surface area contributed by atoms with Gasteiger partial charge in [0.2, 0.25) is 0 Å². The van der Waals surface area contributed by atoms with Crippen LogP contribution < -0.4 is 0 Å². The molecule has 1 rings (SSSR count). The SMILES string of the molecule is Fc1c[c]c(C(F)(F)F)c(Cl)c1. The molecule has 0 fully saturated rings. The minimum absolute atomic E-state index is 0.592. The zero-order valence-corrected chi connectivity index (χ0v) is 6.30. The predicted molar refractivity (Wildman–Crippen MR) is 35.2 cm³/mol. The van der Waals surface area contributed by atoms with Crippen LogP contribution in [0.1, 0.15) is 5.56 Å². The fourth-order valence-corrected chi connectivity index (χ4v) is 0.928. The molecule has 0 heterocycles. The number of hydrogen-bond acceptors (Lipinski definition) is 0. The van der Waals surface area contributed by atoms with Crippen LogP contribution in [0.25, 0.3) is 0 Å². The van der Waals surface area contributed by atoms with Crippen molar-refractivity contribution in [1.82, 2.24) is 0 Å². The molecule has 0 nitrogen and oxygen atoms in total. The molecule has 0 aliphatic heterocycles. The first-order chi connectivity index (χ1) is 5.41. The minimum atomic E-state index is -4.58. The Morgan fingerprint density at radius 3 is 2.33 bits per heavy atom. The molecule has 0 aliphatic rings. The summed E-state index contributed by atoms with van der Waals surface area (Å²) in [5.41, 5.74) is -1.15. The van der Waals surface area contributed by atoms with Crippen LogP contribution in [0.15, 0.2) is 12.1 Å². The van der Waals surface area contributed by atoms with Crippen molar-refractivity contribution >= 4 is 11.6 Å². The number of rotatable bonds is 0. The third kappa shape index (κ3) is 1.88. The van der Waals surface area contributed by atoms with Crippen molar-refractivity contribution in [3.8, 4) is 0 Å². The molecule has 0 spiro atoms. The Morgan fingerprint density at radius 2 is 1.92 bits per heavy atom. The van der Waals surface area contributed by atoms with E-state index in [9.17, 15) is 17.6 Å². The zero-order chi connectivity index (χ0) is 9.35. The molecule has 0 saturated heterocycles. The van der Waals surface area contributed by atoms with Crippen molar-refractivity contribution in [3.05, 3.63) is 34.6 Å². The molecule has 0 saturated carbocycles. The fourth-order valence-electron chi connectivity index (χ4n) is 0.662. The summed E-state index contributed by atoms with van der Waals surface area (Å²) in [6.07, 6.45) is -4.58. The number of hydrogen-bond donors (Lipinski definition) is 0. The third-order valence-electron chi connectivity index (χ3n) is 1.14. The Hall–Kier alpha value is -0.770. The van der Waals surface area contributed by atoms with Gasteiger partial charge >= 0.3 is 6.18 Å². The summed E-state index contributed by atoms with van der Waals surface area (Å²) in [5, 5.41) is -0.678. The molecule has 1 aromatic rings. The molecule has 65 valence electrons. The van der Waals surface area contributed by atoms with Gasteiger partial charge in [-0.05, 0) is 18.2 Å². The van der Waals surface area contributed by atoms with Crippen LogP contribution in [-0.2, 0) is 6.18 Å². The molecule has 0 atom stereocenters. The quantitative estimate of drug-likeness (QED) is 0.560. The van der Waals surface area contributed by atoms with Crippen molar-refractivity contribution in [2.75, 3.05) is 0 Å². The van der Waals surface area contributed by atoms with E-state index in [0.717, 1.165) is 0 Å². The standard InChI is InChI=1S/C7H2ClF4/c8-6-3-4(9)1-2-5(6)7(10,11)12/h1,3H. The average molecular weight is 198 g/mol. The van der Waals surface area contributed by atoms with Crippen molar-refractivity contribution in [2.45, 2.75) is 6.18 Å². The largest absolute Gasteiger partial charge is 0.418 e. The molecule has 0 aliphatic carbocycles. The van der Waals surface area contributed by atoms with Crippen LogP contribution in [0.4, 0.5) is 17.6 Å². The maximum atomic E-state index is 12.3. The van der Waals surface area contributed by atoms with Crippen molar-refractivity contribution in [2.24, 2.45) is 0 Å². The van der Waals surface area contributed by atoms with Gasteiger partial charge in [0.25, 0.3) is 0 Å². The lowest BCUT2D eigenvalue weighted by Gasteiger charge is -2.06. The molecule has 0 aromatic heterocycles. The number of halogens is 5. The third-order valence-corrected chi connectivity index (χ3v) is 1.44. The van der Waals surface area contributed by atoms with Gasteiger partial charge in [0.15, 0.2) is 0 Å². The fraction of sp³-hybridized carbons (Fsp3) is 0.143. The lowest BCUT2D eigenvalue weighted by molar-refractivity contribution is -0.137. The van der Waals surface area contributed by atoms with Crippen LogP contribution in [0.3, 0.4) is 0 Å². The smallest absolute Gasteiger partial charge is 0.207 e. The van der Waals surface area contributed by atoms with Crippen LogP contribution in [-0.4, -0.2) is 0 Å². The van der Waals surface area contributed by atoms with Gasteiger partial charge in [-0.15, -0.1) is 0 Å².